The first-order chi connectivity index (χ1) is 29.3. The Morgan fingerprint density at radius 3 is 1.18 bits per heavy atom. The lowest BCUT2D eigenvalue weighted by Gasteiger charge is -2.13. The Hall–Kier alpha value is -8.05. The Kier molecular flexibility index (Phi) is 8.09. The van der Waals surface area contributed by atoms with Crippen molar-refractivity contribution in [3.63, 3.8) is 0 Å². The third kappa shape index (κ3) is 5.94. The van der Waals surface area contributed by atoms with Gasteiger partial charge in [0.25, 0.3) is 0 Å². The van der Waals surface area contributed by atoms with Crippen molar-refractivity contribution in [3.05, 3.63) is 175 Å². The molecule has 11 aromatic rings. The van der Waals surface area contributed by atoms with E-state index in [-0.39, 0.29) is 50.9 Å². The van der Waals surface area contributed by atoms with Gasteiger partial charge in [-0.15, -0.1) is 0 Å². The standard InChI is InChI=1S/C49H25F4N7/c50-37-20-33(21-38(51)41(37)35-18-30-12-10-27-7-3-15-54-43(27)45(30)56-24-35)48-58-47(32-14-9-26-5-1-2-6-29(26)17-32)59-49(60-48)34-22-39(52)42(40(53)23-34)36-19-31-13-11-28-8-4-16-55-44(28)46(31)57-25-36/h1-25H. The van der Waals surface area contributed by atoms with Crippen LogP contribution in [-0.4, -0.2) is 34.9 Å². The summed E-state index contributed by atoms with van der Waals surface area (Å²) < 4.78 is 64.7. The van der Waals surface area contributed by atoms with E-state index in [1.54, 1.807) is 30.6 Å². The number of hydrogen-bond donors (Lipinski definition) is 0. The van der Waals surface area contributed by atoms with Crippen LogP contribution in [-0.2, 0) is 0 Å². The van der Waals surface area contributed by atoms with Crippen LogP contribution in [0.15, 0.2) is 152 Å². The lowest BCUT2D eigenvalue weighted by molar-refractivity contribution is 0.589. The van der Waals surface area contributed by atoms with Gasteiger partial charge in [-0.05, 0) is 65.4 Å². The number of nitrogens with zero attached hydrogens (tertiary/aromatic N) is 7. The van der Waals surface area contributed by atoms with Gasteiger partial charge in [0.15, 0.2) is 17.5 Å². The van der Waals surface area contributed by atoms with E-state index < -0.39 is 23.3 Å². The molecule has 5 aromatic heterocycles. The van der Waals surface area contributed by atoms with Gasteiger partial charge in [0.05, 0.1) is 33.2 Å². The molecule has 0 aliphatic heterocycles. The molecule has 11 heteroatoms. The second-order valence-corrected chi connectivity index (χ2v) is 14.4. The number of hydrogen-bond acceptors (Lipinski definition) is 7. The van der Waals surface area contributed by atoms with Crippen molar-refractivity contribution in [3.8, 4) is 56.4 Å². The minimum absolute atomic E-state index is 0.00908. The fourth-order valence-electron chi connectivity index (χ4n) is 7.79. The lowest BCUT2D eigenvalue weighted by atomic mass is 10.0. The van der Waals surface area contributed by atoms with E-state index in [4.69, 9.17) is 0 Å². The fraction of sp³-hybridized carbons (Fsp3) is 0. The minimum atomic E-state index is -0.881. The highest BCUT2D eigenvalue weighted by Gasteiger charge is 2.22. The van der Waals surface area contributed by atoms with Crippen LogP contribution in [0.1, 0.15) is 0 Å². The largest absolute Gasteiger partial charge is 0.254 e. The van der Waals surface area contributed by atoms with Gasteiger partial charge in [0, 0.05) is 74.1 Å². The molecule has 60 heavy (non-hydrogen) atoms. The first kappa shape index (κ1) is 35.1. The predicted octanol–water partition coefficient (Wildman–Crippen LogP) is 12.1. The van der Waals surface area contributed by atoms with Crippen molar-refractivity contribution in [1.82, 2.24) is 34.9 Å². The van der Waals surface area contributed by atoms with Gasteiger partial charge in [-0.1, -0.05) is 72.8 Å². The summed E-state index contributed by atoms with van der Waals surface area (Å²) in [4.78, 5) is 31.8. The maximum absolute atomic E-state index is 16.2. The summed E-state index contributed by atoms with van der Waals surface area (Å²) in [7, 11) is 0. The maximum Gasteiger partial charge on any atom is 0.164 e. The molecule has 6 aromatic carbocycles. The molecule has 5 heterocycles. The average Bonchev–Trinajstić information content (AvgIpc) is 3.28. The molecule has 0 radical (unpaired) electrons. The van der Waals surface area contributed by atoms with Crippen LogP contribution in [0.5, 0.6) is 0 Å². The van der Waals surface area contributed by atoms with Crippen LogP contribution in [0.25, 0.3) is 111 Å². The van der Waals surface area contributed by atoms with E-state index in [9.17, 15) is 0 Å². The molecule has 0 aliphatic rings. The average molecular weight is 788 g/mol. The van der Waals surface area contributed by atoms with E-state index in [0.29, 0.717) is 38.4 Å². The van der Waals surface area contributed by atoms with Crippen LogP contribution in [0.2, 0.25) is 0 Å². The summed E-state index contributed by atoms with van der Waals surface area (Å²) in [6, 6.07) is 36.0. The number of benzene rings is 6. The normalized spacial score (nSPS) is 11.7. The number of halogens is 4. The Bertz CT molecular complexity index is 3340. The lowest BCUT2D eigenvalue weighted by Crippen LogP contribution is -2.03. The number of pyridine rings is 4. The molecule has 0 fully saturated rings. The van der Waals surface area contributed by atoms with Gasteiger partial charge >= 0.3 is 0 Å². The summed E-state index contributed by atoms with van der Waals surface area (Å²) in [6.45, 7) is 0. The van der Waals surface area contributed by atoms with Gasteiger partial charge in [0.1, 0.15) is 23.3 Å². The molecule has 0 aliphatic carbocycles. The number of aromatic nitrogens is 7. The SMILES string of the molecule is Fc1cc(-c2nc(-c3cc(F)c(-c4cnc5c(ccc6cccnc65)c4)c(F)c3)nc(-c3ccc4ccccc4c3)n2)cc(F)c1-c1cnc2c(ccc3cccnc32)c1. The minimum Gasteiger partial charge on any atom is -0.254 e. The monoisotopic (exact) mass is 787 g/mol. The molecule has 0 N–H and O–H groups in total. The third-order valence-corrected chi connectivity index (χ3v) is 10.7. The number of rotatable bonds is 5. The highest BCUT2D eigenvalue weighted by atomic mass is 19.1. The van der Waals surface area contributed by atoms with Crippen LogP contribution in [0.4, 0.5) is 17.6 Å². The second kappa shape index (κ2) is 13.8. The molecule has 0 saturated heterocycles. The molecule has 0 amide bonds. The third-order valence-electron chi connectivity index (χ3n) is 10.7. The van der Waals surface area contributed by atoms with Crippen molar-refractivity contribution in [1.29, 1.82) is 0 Å². The molecular formula is C49H25F4N7. The Balaban J connectivity index is 1.03. The smallest absolute Gasteiger partial charge is 0.164 e. The van der Waals surface area contributed by atoms with Gasteiger partial charge in [0.2, 0.25) is 0 Å². The topological polar surface area (TPSA) is 90.2 Å². The molecule has 0 atom stereocenters. The highest BCUT2D eigenvalue weighted by Crippen LogP contribution is 2.36. The molecule has 0 unspecified atom stereocenters. The van der Waals surface area contributed by atoms with Crippen molar-refractivity contribution < 1.29 is 17.6 Å². The molecular weight excluding hydrogens is 763 g/mol. The fourth-order valence-corrected chi connectivity index (χ4v) is 7.79. The van der Waals surface area contributed by atoms with Gasteiger partial charge in [-0.2, -0.15) is 0 Å². The molecule has 11 rings (SSSR count). The summed E-state index contributed by atoms with van der Waals surface area (Å²) in [5, 5.41) is 4.97. The van der Waals surface area contributed by atoms with E-state index >= 15 is 17.6 Å². The zero-order valence-corrected chi connectivity index (χ0v) is 31.1. The summed E-state index contributed by atoms with van der Waals surface area (Å²) in [6.07, 6.45) is 6.16. The molecule has 0 saturated carbocycles. The van der Waals surface area contributed by atoms with Crippen LogP contribution in [0.3, 0.4) is 0 Å². The Labute approximate surface area is 337 Å². The zero-order chi connectivity index (χ0) is 40.5. The van der Waals surface area contributed by atoms with Crippen molar-refractivity contribution >= 4 is 54.4 Å². The maximum atomic E-state index is 16.2. The first-order valence-corrected chi connectivity index (χ1v) is 18.9. The van der Waals surface area contributed by atoms with E-state index in [2.05, 4.69) is 34.9 Å². The Morgan fingerprint density at radius 1 is 0.300 bits per heavy atom. The van der Waals surface area contributed by atoms with Crippen molar-refractivity contribution in [2.75, 3.05) is 0 Å². The second-order valence-electron chi connectivity index (χ2n) is 14.4. The predicted molar refractivity (Wildman–Crippen MR) is 226 cm³/mol. The van der Waals surface area contributed by atoms with Crippen molar-refractivity contribution in [2.45, 2.75) is 0 Å². The number of fused-ring (bicyclic) bond motifs is 7. The van der Waals surface area contributed by atoms with Crippen LogP contribution in [0, 0.1) is 23.3 Å². The quantitative estimate of drug-likeness (QED) is 0.127. The van der Waals surface area contributed by atoms with Crippen LogP contribution < -0.4 is 0 Å². The molecule has 7 nitrogen and oxygen atoms in total. The Morgan fingerprint density at radius 2 is 0.683 bits per heavy atom. The molecule has 0 bridgehead atoms. The van der Waals surface area contributed by atoms with E-state index in [0.717, 1.165) is 45.8 Å². The van der Waals surface area contributed by atoms with Gasteiger partial charge < -0.3 is 0 Å². The first-order valence-electron chi connectivity index (χ1n) is 18.9. The van der Waals surface area contributed by atoms with E-state index in [1.807, 2.05) is 84.9 Å². The van der Waals surface area contributed by atoms with E-state index in [1.165, 1.54) is 12.4 Å². The zero-order valence-electron chi connectivity index (χ0n) is 31.1. The molecule has 0 spiro atoms. The highest BCUT2D eigenvalue weighted by molar-refractivity contribution is 6.04. The molecule has 284 valence electrons. The van der Waals surface area contributed by atoms with Crippen molar-refractivity contribution in [2.24, 2.45) is 0 Å². The van der Waals surface area contributed by atoms with Gasteiger partial charge in [-0.25, -0.2) is 32.5 Å². The van der Waals surface area contributed by atoms with Gasteiger partial charge in [-0.3, -0.25) is 19.9 Å². The van der Waals surface area contributed by atoms with Crippen LogP contribution >= 0.6 is 0 Å². The summed E-state index contributed by atoms with van der Waals surface area (Å²) in [5.74, 6) is -3.60. The summed E-state index contributed by atoms with van der Waals surface area (Å²) in [5.41, 5.74) is 2.99. The summed E-state index contributed by atoms with van der Waals surface area (Å²) >= 11 is 0.